The number of hydrogen-bond donors (Lipinski definition) is 1. The number of nitrogens with two attached hydrogens (primary N) is 1. The Hall–Kier alpha value is -1.49. The van der Waals surface area contributed by atoms with Crippen LogP contribution in [-0.4, -0.2) is 31.9 Å². The van der Waals surface area contributed by atoms with Crippen LogP contribution in [0, 0.1) is 23.5 Å². The number of benzene rings is 1. The van der Waals surface area contributed by atoms with Gasteiger partial charge >= 0.3 is 0 Å². The number of halogens is 2. The van der Waals surface area contributed by atoms with Gasteiger partial charge in [-0.25, -0.2) is 17.2 Å². The first-order chi connectivity index (χ1) is 9.87. The molecule has 0 saturated carbocycles. The molecule has 1 aromatic rings. The van der Waals surface area contributed by atoms with Gasteiger partial charge in [0.1, 0.15) is 16.5 Å². The van der Waals surface area contributed by atoms with E-state index in [-0.39, 0.29) is 18.2 Å². The summed E-state index contributed by atoms with van der Waals surface area (Å²) in [5.41, 5.74) is 5.04. The molecular formula is C14H16F2N2O2S. The number of nitrogens with zero attached hydrogens (tertiary/aromatic N) is 1. The first-order valence-electron chi connectivity index (χ1n) is 6.57. The molecule has 1 saturated heterocycles. The van der Waals surface area contributed by atoms with Crippen molar-refractivity contribution in [3.63, 3.8) is 0 Å². The zero-order chi connectivity index (χ0) is 15.6. The van der Waals surface area contributed by atoms with E-state index >= 15 is 0 Å². The zero-order valence-electron chi connectivity index (χ0n) is 11.6. The zero-order valence-corrected chi connectivity index (χ0v) is 12.4. The highest BCUT2D eigenvalue weighted by Crippen LogP contribution is 2.29. The highest BCUT2D eigenvalue weighted by atomic mass is 32.2. The average molecular weight is 314 g/mol. The lowest BCUT2D eigenvalue weighted by atomic mass is 10.2. The normalized spacial score (nSPS) is 19.3. The van der Waals surface area contributed by atoms with E-state index in [9.17, 15) is 17.2 Å². The van der Waals surface area contributed by atoms with E-state index in [1.807, 2.05) is 0 Å². The number of hydrogen-bond acceptors (Lipinski definition) is 3. The molecule has 21 heavy (non-hydrogen) atoms. The first-order valence-corrected chi connectivity index (χ1v) is 8.01. The molecule has 0 radical (unpaired) electrons. The molecular weight excluding hydrogens is 298 g/mol. The molecule has 1 fully saturated rings. The Balaban J connectivity index is 2.62. The molecule has 4 nitrogen and oxygen atoms in total. The van der Waals surface area contributed by atoms with Crippen molar-refractivity contribution in [3.8, 4) is 11.8 Å². The van der Waals surface area contributed by atoms with E-state index in [0.717, 1.165) is 6.07 Å². The summed E-state index contributed by atoms with van der Waals surface area (Å²) in [5.74, 6) is 2.87. The van der Waals surface area contributed by atoms with Crippen LogP contribution in [0.3, 0.4) is 0 Å². The molecule has 0 aromatic heterocycles. The van der Waals surface area contributed by atoms with E-state index in [1.54, 1.807) is 6.92 Å². The smallest absolute Gasteiger partial charge is 0.247 e. The fourth-order valence-corrected chi connectivity index (χ4v) is 4.32. The standard InChI is InChI=1S/C14H16F2N2O2S/c1-10-4-3-7-18(10)21(19,20)14-11(5-2-6-17)8-12(15)9-13(14)16/h8-10H,3-4,6-7,17H2,1H3. The Morgan fingerprint density at radius 2 is 2.14 bits per heavy atom. The van der Waals surface area contributed by atoms with Gasteiger partial charge in [-0.1, -0.05) is 11.8 Å². The van der Waals surface area contributed by atoms with Gasteiger partial charge in [0.25, 0.3) is 0 Å². The van der Waals surface area contributed by atoms with Gasteiger partial charge in [-0.3, -0.25) is 0 Å². The van der Waals surface area contributed by atoms with Gasteiger partial charge in [-0.05, 0) is 25.8 Å². The van der Waals surface area contributed by atoms with Gasteiger partial charge in [0, 0.05) is 18.7 Å². The van der Waals surface area contributed by atoms with Crippen molar-refractivity contribution in [2.75, 3.05) is 13.1 Å². The van der Waals surface area contributed by atoms with Crippen molar-refractivity contribution in [2.24, 2.45) is 5.73 Å². The Morgan fingerprint density at radius 3 is 2.71 bits per heavy atom. The minimum absolute atomic E-state index is 0.0300. The quantitative estimate of drug-likeness (QED) is 0.840. The summed E-state index contributed by atoms with van der Waals surface area (Å²) in [6.07, 6.45) is 1.43. The van der Waals surface area contributed by atoms with Crippen molar-refractivity contribution in [1.29, 1.82) is 0 Å². The summed E-state index contributed by atoms with van der Waals surface area (Å²) in [6.45, 7) is 2.05. The van der Waals surface area contributed by atoms with Crippen molar-refractivity contribution < 1.29 is 17.2 Å². The molecule has 1 aliphatic rings. The third-order valence-corrected chi connectivity index (χ3v) is 5.48. The van der Waals surface area contributed by atoms with Gasteiger partial charge in [-0.2, -0.15) is 4.31 Å². The molecule has 0 aliphatic carbocycles. The van der Waals surface area contributed by atoms with Crippen LogP contribution in [0.15, 0.2) is 17.0 Å². The molecule has 2 rings (SSSR count). The van der Waals surface area contributed by atoms with E-state index < -0.39 is 26.6 Å². The van der Waals surface area contributed by atoms with E-state index in [0.29, 0.717) is 25.5 Å². The van der Waals surface area contributed by atoms with Gasteiger partial charge in [0.15, 0.2) is 0 Å². The fraction of sp³-hybridized carbons (Fsp3) is 0.429. The molecule has 0 spiro atoms. The van der Waals surface area contributed by atoms with E-state index in [1.165, 1.54) is 4.31 Å². The maximum absolute atomic E-state index is 14.1. The minimum Gasteiger partial charge on any atom is -0.320 e. The fourth-order valence-electron chi connectivity index (χ4n) is 2.44. The molecule has 7 heteroatoms. The van der Waals surface area contributed by atoms with Crippen LogP contribution in [0.4, 0.5) is 8.78 Å². The Bertz CT molecular complexity index is 708. The lowest BCUT2D eigenvalue weighted by Crippen LogP contribution is -2.34. The Morgan fingerprint density at radius 1 is 1.43 bits per heavy atom. The maximum Gasteiger partial charge on any atom is 0.247 e. The van der Waals surface area contributed by atoms with Crippen LogP contribution >= 0.6 is 0 Å². The average Bonchev–Trinajstić information content (AvgIpc) is 2.82. The topological polar surface area (TPSA) is 63.4 Å². The second-order valence-corrected chi connectivity index (χ2v) is 6.70. The number of rotatable bonds is 2. The van der Waals surface area contributed by atoms with Crippen LogP contribution in [-0.2, 0) is 10.0 Å². The molecule has 1 atom stereocenters. The van der Waals surface area contributed by atoms with Crippen LogP contribution in [0.2, 0.25) is 0 Å². The SMILES string of the molecule is CC1CCCN1S(=O)(=O)c1c(F)cc(F)cc1C#CCN. The summed E-state index contributed by atoms with van der Waals surface area (Å²) in [5, 5.41) is 0. The third-order valence-electron chi connectivity index (χ3n) is 3.39. The minimum atomic E-state index is -4.05. The number of sulfonamides is 1. The van der Waals surface area contributed by atoms with Crippen molar-refractivity contribution >= 4 is 10.0 Å². The predicted octanol–water partition coefficient (Wildman–Crippen LogP) is 1.45. The lowest BCUT2D eigenvalue weighted by molar-refractivity contribution is 0.404. The van der Waals surface area contributed by atoms with Crippen molar-refractivity contribution in [2.45, 2.75) is 30.7 Å². The van der Waals surface area contributed by atoms with Crippen LogP contribution in [0.1, 0.15) is 25.3 Å². The van der Waals surface area contributed by atoms with Gasteiger partial charge in [0.05, 0.1) is 12.1 Å². The second-order valence-electron chi connectivity index (χ2n) is 4.88. The van der Waals surface area contributed by atoms with Gasteiger partial charge in [-0.15, -0.1) is 0 Å². The summed E-state index contributed by atoms with van der Waals surface area (Å²) in [7, 11) is -4.05. The Kier molecular flexibility index (Phi) is 4.61. The van der Waals surface area contributed by atoms with Gasteiger partial charge in [0.2, 0.25) is 10.0 Å². The largest absolute Gasteiger partial charge is 0.320 e. The van der Waals surface area contributed by atoms with Crippen molar-refractivity contribution in [1.82, 2.24) is 4.31 Å². The molecule has 1 heterocycles. The lowest BCUT2D eigenvalue weighted by Gasteiger charge is -2.22. The summed E-state index contributed by atoms with van der Waals surface area (Å²) >= 11 is 0. The molecule has 2 N–H and O–H groups in total. The molecule has 114 valence electrons. The summed E-state index contributed by atoms with van der Waals surface area (Å²) in [4.78, 5) is -0.571. The molecule has 1 aliphatic heterocycles. The third kappa shape index (κ3) is 3.07. The summed E-state index contributed by atoms with van der Waals surface area (Å²) in [6, 6.07) is 1.26. The monoisotopic (exact) mass is 314 g/mol. The molecule has 1 aromatic carbocycles. The highest BCUT2D eigenvalue weighted by molar-refractivity contribution is 7.89. The Labute approximate surface area is 123 Å². The van der Waals surface area contributed by atoms with E-state index in [4.69, 9.17) is 5.73 Å². The van der Waals surface area contributed by atoms with Gasteiger partial charge < -0.3 is 5.73 Å². The summed E-state index contributed by atoms with van der Waals surface area (Å²) < 4.78 is 53.9. The highest BCUT2D eigenvalue weighted by Gasteiger charge is 2.36. The molecule has 0 amide bonds. The van der Waals surface area contributed by atoms with Crippen LogP contribution < -0.4 is 5.73 Å². The molecule has 1 unspecified atom stereocenters. The van der Waals surface area contributed by atoms with Crippen molar-refractivity contribution in [3.05, 3.63) is 29.3 Å². The second kappa shape index (κ2) is 6.10. The molecule has 0 bridgehead atoms. The maximum atomic E-state index is 14.1. The predicted molar refractivity (Wildman–Crippen MR) is 74.9 cm³/mol. The first kappa shape index (κ1) is 15.9. The van der Waals surface area contributed by atoms with E-state index in [2.05, 4.69) is 11.8 Å². The van der Waals surface area contributed by atoms with Crippen LogP contribution in [0.5, 0.6) is 0 Å². The van der Waals surface area contributed by atoms with Crippen LogP contribution in [0.25, 0.3) is 0 Å².